The van der Waals surface area contributed by atoms with Gasteiger partial charge in [0, 0.05) is 11.8 Å². The molecule has 0 saturated heterocycles. The lowest BCUT2D eigenvalue weighted by atomic mass is 10.1. The van der Waals surface area contributed by atoms with Crippen LogP contribution in [0.25, 0.3) is 0 Å². The first-order valence-corrected chi connectivity index (χ1v) is 6.29. The second-order valence-corrected chi connectivity index (χ2v) is 4.35. The molecule has 19 heavy (non-hydrogen) atoms. The standard InChI is InChI=1S/C10H13N3O5S/c14-8(15)2-1-7(9(16)17)13-10(18)11-3-6-4-19-5-12-6/h4-5,7H,1-3H2,(H,14,15)(H,16,17)(H2,11,13,18)/t7-/m0/s1. The summed E-state index contributed by atoms with van der Waals surface area (Å²) in [5.41, 5.74) is 2.28. The Labute approximate surface area is 112 Å². The first-order valence-electron chi connectivity index (χ1n) is 5.35. The Morgan fingerprint density at radius 1 is 1.37 bits per heavy atom. The average molecular weight is 287 g/mol. The van der Waals surface area contributed by atoms with Gasteiger partial charge in [-0.3, -0.25) is 4.79 Å². The van der Waals surface area contributed by atoms with Gasteiger partial charge in [-0.2, -0.15) is 0 Å². The third-order valence-corrected chi connectivity index (χ3v) is 2.80. The van der Waals surface area contributed by atoms with Crippen LogP contribution in [0.3, 0.4) is 0 Å². The molecular formula is C10H13N3O5S. The van der Waals surface area contributed by atoms with Crippen molar-refractivity contribution >= 4 is 29.3 Å². The van der Waals surface area contributed by atoms with Crippen molar-refractivity contribution < 1.29 is 24.6 Å². The lowest BCUT2D eigenvalue weighted by Crippen LogP contribution is -2.46. The SMILES string of the molecule is O=C(O)CC[C@H](NC(=O)NCc1cscn1)C(=O)O. The average Bonchev–Trinajstić information content (AvgIpc) is 2.84. The van der Waals surface area contributed by atoms with Gasteiger partial charge < -0.3 is 20.8 Å². The number of hydrogen-bond acceptors (Lipinski definition) is 5. The largest absolute Gasteiger partial charge is 0.481 e. The third-order valence-electron chi connectivity index (χ3n) is 2.16. The molecule has 1 rings (SSSR count). The molecule has 4 N–H and O–H groups in total. The maximum atomic E-state index is 11.4. The van der Waals surface area contributed by atoms with E-state index < -0.39 is 24.0 Å². The summed E-state index contributed by atoms with van der Waals surface area (Å²) in [4.78, 5) is 36.6. The second kappa shape index (κ2) is 7.31. The van der Waals surface area contributed by atoms with Crippen molar-refractivity contribution in [2.24, 2.45) is 0 Å². The molecule has 8 nitrogen and oxygen atoms in total. The number of aromatic nitrogens is 1. The molecule has 9 heteroatoms. The zero-order chi connectivity index (χ0) is 14.3. The summed E-state index contributed by atoms with van der Waals surface area (Å²) in [6.07, 6.45) is -0.502. The Bertz CT molecular complexity index is 448. The highest BCUT2D eigenvalue weighted by atomic mass is 32.1. The predicted octanol–water partition coefficient (Wildman–Crippen LogP) is 0.260. The Hall–Kier alpha value is -2.16. The zero-order valence-corrected chi connectivity index (χ0v) is 10.6. The number of nitrogens with zero attached hydrogens (tertiary/aromatic N) is 1. The van der Waals surface area contributed by atoms with E-state index in [1.54, 1.807) is 10.9 Å². The molecule has 1 aromatic rings. The quantitative estimate of drug-likeness (QED) is 0.569. The van der Waals surface area contributed by atoms with E-state index in [1.165, 1.54) is 11.3 Å². The summed E-state index contributed by atoms with van der Waals surface area (Å²) < 4.78 is 0. The zero-order valence-electron chi connectivity index (χ0n) is 9.83. The second-order valence-electron chi connectivity index (χ2n) is 3.63. The van der Waals surface area contributed by atoms with Crippen molar-refractivity contribution in [3.8, 4) is 0 Å². The first-order chi connectivity index (χ1) is 8.99. The number of rotatable bonds is 7. The van der Waals surface area contributed by atoms with Gasteiger partial charge in [0.1, 0.15) is 6.04 Å². The van der Waals surface area contributed by atoms with Gasteiger partial charge >= 0.3 is 18.0 Å². The monoisotopic (exact) mass is 287 g/mol. The highest BCUT2D eigenvalue weighted by Crippen LogP contribution is 2.00. The molecule has 0 saturated carbocycles. The van der Waals surface area contributed by atoms with Gasteiger partial charge in [-0.15, -0.1) is 11.3 Å². The van der Waals surface area contributed by atoms with Crippen molar-refractivity contribution in [3.05, 3.63) is 16.6 Å². The highest BCUT2D eigenvalue weighted by molar-refractivity contribution is 7.07. The van der Waals surface area contributed by atoms with E-state index >= 15 is 0 Å². The van der Waals surface area contributed by atoms with Crippen LogP contribution < -0.4 is 10.6 Å². The molecule has 1 atom stereocenters. The smallest absolute Gasteiger partial charge is 0.326 e. The number of carboxylic acids is 2. The van der Waals surface area contributed by atoms with E-state index in [0.29, 0.717) is 5.69 Å². The molecule has 0 unspecified atom stereocenters. The molecule has 104 valence electrons. The van der Waals surface area contributed by atoms with E-state index in [1.807, 2.05) is 0 Å². The molecule has 0 aliphatic carbocycles. The third kappa shape index (κ3) is 5.82. The van der Waals surface area contributed by atoms with Gasteiger partial charge in [-0.05, 0) is 6.42 Å². The number of carbonyl (C=O) groups excluding carboxylic acids is 1. The molecule has 0 fully saturated rings. The number of amides is 2. The summed E-state index contributed by atoms with van der Waals surface area (Å²) in [5, 5.41) is 23.7. The van der Waals surface area contributed by atoms with Crippen LogP contribution in [0.5, 0.6) is 0 Å². The van der Waals surface area contributed by atoms with E-state index in [2.05, 4.69) is 15.6 Å². The molecule has 0 aliphatic rings. The van der Waals surface area contributed by atoms with E-state index in [9.17, 15) is 14.4 Å². The minimum absolute atomic E-state index is 0.172. The first kappa shape index (κ1) is 14.9. The van der Waals surface area contributed by atoms with Crippen LogP contribution >= 0.6 is 11.3 Å². The minimum atomic E-state index is -1.27. The number of thiazole rings is 1. The minimum Gasteiger partial charge on any atom is -0.481 e. The fourth-order valence-electron chi connectivity index (χ4n) is 1.23. The number of urea groups is 1. The molecule has 1 aromatic heterocycles. The number of carbonyl (C=O) groups is 3. The van der Waals surface area contributed by atoms with Crippen LogP contribution in [0.4, 0.5) is 4.79 Å². The van der Waals surface area contributed by atoms with E-state index in [-0.39, 0.29) is 19.4 Å². The molecule has 0 spiro atoms. The van der Waals surface area contributed by atoms with Crippen LogP contribution in [0.1, 0.15) is 18.5 Å². The van der Waals surface area contributed by atoms with E-state index in [4.69, 9.17) is 10.2 Å². The van der Waals surface area contributed by atoms with Crippen molar-refractivity contribution in [2.75, 3.05) is 0 Å². The molecule has 0 aliphatic heterocycles. The van der Waals surface area contributed by atoms with Gasteiger partial charge in [0.25, 0.3) is 0 Å². The molecule has 0 radical (unpaired) electrons. The summed E-state index contributed by atoms with van der Waals surface area (Å²) in [7, 11) is 0. The lowest BCUT2D eigenvalue weighted by Gasteiger charge is -2.13. The topological polar surface area (TPSA) is 129 Å². The molecule has 2 amide bonds. The summed E-state index contributed by atoms with van der Waals surface area (Å²) in [6, 6.07) is -1.91. The van der Waals surface area contributed by atoms with Crippen molar-refractivity contribution in [2.45, 2.75) is 25.4 Å². The van der Waals surface area contributed by atoms with Crippen LogP contribution in [-0.4, -0.2) is 39.2 Å². The lowest BCUT2D eigenvalue weighted by molar-refractivity contribution is -0.140. The number of hydrogen-bond donors (Lipinski definition) is 4. The Balaban J connectivity index is 2.38. The Kier molecular flexibility index (Phi) is 5.73. The van der Waals surface area contributed by atoms with Gasteiger partial charge in [0.15, 0.2) is 0 Å². The van der Waals surface area contributed by atoms with Crippen LogP contribution in [0, 0.1) is 0 Å². The Morgan fingerprint density at radius 3 is 2.63 bits per heavy atom. The van der Waals surface area contributed by atoms with Gasteiger partial charge in [-0.1, -0.05) is 0 Å². The van der Waals surface area contributed by atoms with Gasteiger partial charge in [-0.25, -0.2) is 14.6 Å². The predicted molar refractivity (Wildman–Crippen MR) is 65.8 cm³/mol. The van der Waals surface area contributed by atoms with Crippen LogP contribution in [0.15, 0.2) is 10.9 Å². The van der Waals surface area contributed by atoms with E-state index in [0.717, 1.165) is 0 Å². The fraction of sp³-hybridized carbons (Fsp3) is 0.400. The summed E-state index contributed by atoms with van der Waals surface area (Å²) in [5.74, 6) is -2.39. The van der Waals surface area contributed by atoms with Crippen molar-refractivity contribution in [3.63, 3.8) is 0 Å². The molecule has 0 bridgehead atoms. The van der Waals surface area contributed by atoms with Crippen molar-refractivity contribution in [1.82, 2.24) is 15.6 Å². The number of carboxylic acid groups (broad SMARTS) is 2. The van der Waals surface area contributed by atoms with Crippen LogP contribution in [0.2, 0.25) is 0 Å². The number of nitrogens with one attached hydrogen (secondary N) is 2. The normalized spacial score (nSPS) is 11.6. The summed E-state index contributed by atoms with van der Waals surface area (Å²) in [6.45, 7) is 0.181. The molecule has 0 aromatic carbocycles. The molecule has 1 heterocycles. The van der Waals surface area contributed by atoms with Crippen molar-refractivity contribution in [1.29, 1.82) is 0 Å². The molecular weight excluding hydrogens is 274 g/mol. The van der Waals surface area contributed by atoms with Crippen LogP contribution in [-0.2, 0) is 16.1 Å². The maximum Gasteiger partial charge on any atom is 0.326 e. The maximum absolute atomic E-state index is 11.4. The summed E-state index contributed by atoms with van der Waals surface area (Å²) >= 11 is 1.38. The van der Waals surface area contributed by atoms with Gasteiger partial charge in [0.05, 0.1) is 17.7 Å². The Morgan fingerprint density at radius 2 is 2.11 bits per heavy atom. The number of aliphatic carboxylic acids is 2. The highest BCUT2D eigenvalue weighted by Gasteiger charge is 2.20. The van der Waals surface area contributed by atoms with Gasteiger partial charge in [0.2, 0.25) is 0 Å². The fourth-order valence-corrected chi connectivity index (χ4v) is 1.79.